The van der Waals surface area contributed by atoms with Crippen molar-refractivity contribution < 1.29 is 0 Å². The van der Waals surface area contributed by atoms with E-state index >= 15 is 0 Å². The first-order valence-corrected chi connectivity index (χ1v) is 10.5. The number of aryl methyl sites for hydroxylation is 1. The molecule has 0 radical (unpaired) electrons. The highest BCUT2D eigenvalue weighted by atomic mass is 32.2. The monoisotopic (exact) mass is 361 g/mol. The van der Waals surface area contributed by atoms with E-state index in [9.17, 15) is 0 Å². The van der Waals surface area contributed by atoms with E-state index in [-0.39, 0.29) is 0 Å². The number of thioether (sulfide) groups is 1. The molecule has 1 saturated carbocycles. The summed E-state index contributed by atoms with van der Waals surface area (Å²) < 4.78 is 2.41. The predicted octanol–water partition coefficient (Wildman–Crippen LogP) is 5.95. The Bertz CT molecular complexity index is 895. The molecule has 1 fully saturated rings. The van der Waals surface area contributed by atoms with Crippen LogP contribution in [0.15, 0.2) is 53.7 Å². The lowest BCUT2D eigenvalue weighted by Crippen LogP contribution is -2.15. The molecule has 1 heterocycles. The van der Waals surface area contributed by atoms with Crippen molar-refractivity contribution in [2.24, 2.45) is 0 Å². The van der Waals surface area contributed by atoms with E-state index in [0.717, 1.165) is 11.0 Å². The maximum atomic E-state index is 4.58. The van der Waals surface area contributed by atoms with Crippen molar-refractivity contribution in [1.82, 2.24) is 14.8 Å². The van der Waals surface area contributed by atoms with Crippen LogP contribution in [0.3, 0.4) is 0 Å². The smallest absolute Gasteiger partial charge is 0.192 e. The lowest BCUT2D eigenvalue weighted by Gasteiger charge is -2.25. The molecule has 0 bridgehead atoms. The quantitative estimate of drug-likeness (QED) is 0.577. The van der Waals surface area contributed by atoms with Gasteiger partial charge in [-0.1, -0.05) is 79.6 Å². The van der Waals surface area contributed by atoms with E-state index in [1.54, 1.807) is 0 Å². The van der Waals surface area contributed by atoms with Gasteiger partial charge < -0.3 is 4.57 Å². The largest absolute Gasteiger partial charge is 0.303 e. The maximum absolute atomic E-state index is 4.58. The molecule has 26 heavy (non-hydrogen) atoms. The second-order valence-electron chi connectivity index (χ2n) is 7.36. The zero-order valence-electron chi connectivity index (χ0n) is 15.1. The van der Waals surface area contributed by atoms with Crippen LogP contribution in [-0.4, -0.2) is 14.8 Å². The van der Waals surface area contributed by atoms with E-state index < -0.39 is 0 Å². The van der Waals surface area contributed by atoms with Gasteiger partial charge in [0.1, 0.15) is 5.82 Å². The van der Waals surface area contributed by atoms with Gasteiger partial charge in [-0.2, -0.15) is 0 Å². The van der Waals surface area contributed by atoms with Crippen LogP contribution in [0.1, 0.15) is 60.3 Å². The lowest BCUT2D eigenvalue weighted by atomic mass is 9.95. The highest BCUT2D eigenvalue weighted by Crippen LogP contribution is 2.52. The summed E-state index contributed by atoms with van der Waals surface area (Å²) in [5, 5.41) is 10.4. The third-order valence-corrected chi connectivity index (χ3v) is 7.01. The molecule has 0 amide bonds. The number of hydrogen-bond donors (Lipinski definition) is 0. The average molecular weight is 362 g/mol. The number of hydrogen-bond acceptors (Lipinski definition) is 3. The molecular weight excluding hydrogens is 338 g/mol. The molecule has 0 unspecified atom stereocenters. The van der Waals surface area contributed by atoms with Gasteiger partial charge >= 0.3 is 0 Å². The molecule has 2 aliphatic rings. The molecule has 0 aliphatic heterocycles. The second-order valence-corrected chi connectivity index (χ2v) is 8.44. The van der Waals surface area contributed by atoms with Crippen molar-refractivity contribution >= 4 is 11.8 Å². The minimum absolute atomic E-state index is 0.299. The minimum atomic E-state index is 0.299. The molecule has 0 atom stereocenters. The summed E-state index contributed by atoms with van der Waals surface area (Å²) in [5.74, 6) is 1.05. The Morgan fingerprint density at radius 1 is 0.846 bits per heavy atom. The summed E-state index contributed by atoms with van der Waals surface area (Å²) in [6.45, 7) is 2.10. The van der Waals surface area contributed by atoms with Gasteiger partial charge in [0.2, 0.25) is 0 Å². The molecule has 0 saturated heterocycles. The summed E-state index contributed by atoms with van der Waals surface area (Å²) in [4.78, 5) is 0. The van der Waals surface area contributed by atoms with Crippen LogP contribution in [0.4, 0.5) is 0 Å². The van der Waals surface area contributed by atoms with Crippen LogP contribution >= 0.6 is 11.8 Å². The highest BCUT2D eigenvalue weighted by Gasteiger charge is 2.31. The minimum Gasteiger partial charge on any atom is -0.303 e. The summed E-state index contributed by atoms with van der Waals surface area (Å²) >= 11 is 1.87. The topological polar surface area (TPSA) is 30.7 Å². The predicted molar refractivity (Wildman–Crippen MR) is 106 cm³/mol. The molecule has 4 heteroatoms. The van der Waals surface area contributed by atoms with Gasteiger partial charge in [-0.3, -0.25) is 0 Å². The number of nitrogens with zero attached hydrogens (tertiary/aromatic N) is 3. The van der Waals surface area contributed by atoms with E-state index in [0.29, 0.717) is 11.3 Å². The van der Waals surface area contributed by atoms with Gasteiger partial charge in [0.25, 0.3) is 0 Å². The number of fused-ring (bicyclic) bond motifs is 3. The molecule has 3 nitrogen and oxygen atoms in total. The van der Waals surface area contributed by atoms with Gasteiger partial charge in [-0.25, -0.2) is 0 Å². The van der Waals surface area contributed by atoms with Crippen molar-refractivity contribution in [2.75, 3.05) is 0 Å². The molecule has 2 aliphatic carbocycles. The van der Waals surface area contributed by atoms with E-state index in [2.05, 4.69) is 70.2 Å². The lowest BCUT2D eigenvalue weighted by molar-refractivity contribution is 0.332. The third-order valence-electron chi connectivity index (χ3n) is 5.77. The first kappa shape index (κ1) is 16.1. The number of rotatable bonds is 3. The Labute approximate surface area is 158 Å². The first-order chi connectivity index (χ1) is 12.8. The Balaban J connectivity index is 1.55. The van der Waals surface area contributed by atoms with Gasteiger partial charge in [-0.15, -0.1) is 10.2 Å². The van der Waals surface area contributed by atoms with Gasteiger partial charge in [-0.05, 0) is 42.0 Å². The van der Waals surface area contributed by atoms with Crippen molar-refractivity contribution in [3.8, 4) is 11.1 Å². The zero-order chi connectivity index (χ0) is 17.5. The van der Waals surface area contributed by atoms with Crippen LogP contribution in [-0.2, 0) is 0 Å². The van der Waals surface area contributed by atoms with E-state index in [1.807, 2.05) is 11.8 Å². The molecule has 1 aromatic heterocycles. The molecule has 5 rings (SSSR count). The molecule has 3 aromatic rings. The number of aromatic nitrogens is 3. The first-order valence-electron chi connectivity index (χ1n) is 9.59. The fourth-order valence-electron chi connectivity index (χ4n) is 4.53. The van der Waals surface area contributed by atoms with Crippen LogP contribution in [0.25, 0.3) is 11.1 Å². The van der Waals surface area contributed by atoms with Crippen molar-refractivity contribution in [2.45, 2.75) is 55.5 Å². The van der Waals surface area contributed by atoms with Crippen LogP contribution in [0.5, 0.6) is 0 Å². The van der Waals surface area contributed by atoms with E-state index in [1.165, 1.54) is 54.4 Å². The third kappa shape index (κ3) is 2.59. The highest BCUT2D eigenvalue weighted by molar-refractivity contribution is 7.99. The van der Waals surface area contributed by atoms with Gasteiger partial charge in [0.05, 0.1) is 5.25 Å². The molecule has 0 spiro atoms. The number of benzene rings is 2. The summed E-state index contributed by atoms with van der Waals surface area (Å²) in [6, 6.07) is 18.1. The Morgan fingerprint density at radius 2 is 1.46 bits per heavy atom. The summed E-state index contributed by atoms with van der Waals surface area (Å²) in [5.41, 5.74) is 5.52. The Hall–Kier alpha value is -2.07. The molecular formula is C22H23N3S. The normalized spacial score (nSPS) is 17.3. The van der Waals surface area contributed by atoms with Gasteiger partial charge in [0, 0.05) is 6.04 Å². The van der Waals surface area contributed by atoms with Crippen LogP contribution in [0, 0.1) is 6.92 Å². The van der Waals surface area contributed by atoms with Crippen molar-refractivity contribution in [3.63, 3.8) is 0 Å². The van der Waals surface area contributed by atoms with E-state index in [4.69, 9.17) is 0 Å². The SMILES string of the molecule is Cc1nnc(SC2c3ccccc3-c3ccccc32)n1C1CCCCC1. The second kappa shape index (κ2) is 6.58. The molecule has 132 valence electrons. The fraction of sp³-hybridized carbons (Fsp3) is 0.364. The van der Waals surface area contributed by atoms with Gasteiger partial charge in [0.15, 0.2) is 5.16 Å². The van der Waals surface area contributed by atoms with Crippen molar-refractivity contribution in [3.05, 3.63) is 65.5 Å². The zero-order valence-corrected chi connectivity index (χ0v) is 15.9. The standard InChI is InChI=1S/C22H23N3S/c1-15-23-24-22(25(15)16-9-3-2-4-10-16)26-21-19-13-7-5-11-17(19)18-12-6-8-14-20(18)21/h5-8,11-14,16,21H,2-4,9-10H2,1H3. The maximum Gasteiger partial charge on any atom is 0.192 e. The van der Waals surface area contributed by atoms with Crippen molar-refractivity contribution in [1.29, 1.82) is 0 Å². The average Bonchev–Trinajstić information content (AvgIpc) is 3.22. The van der Waals surface area contributed by atoms with Crippen LogP contribution < -0.4 is 0 Å². The molecule has 2 aromatic carbocycles. The van der Waals surface area contributed by atoms with Crippen LogP contribution in [0.2, 0.25) is 0 Å². The molecule has 0 N–H and O–H groups in total. The Morgan fingerprint density at radius 3 is 2.12 bits per heavy atom. The summed E-state index contributed by atoms with van der Waals surface area (Å²) in [7, 11) is 0. The Kier molecular flexibility index (Phi) is 4.08. The fourth-order valence-corrected chi connectivity index (χ4v) is 5.89. The summed E-state index contributed by atoms with van der Waals surface area (Å²) in [6.07, 6.45) is 6.51.